The molecule has 0 spiro atoms. The summed E-state index contributed by atoms with van der Waals surface area (Å²) in [7, 11) is 0. The molecule has 1 aliphatic carbocycles. The van der Waals surface area contributed by atoms with Crippen molar-refractivity contribution in [1.29, 1.82) is 0 Å². The Labute approximate surface area is 164 Å². The molecule has 1 aromatic carbocycles. The van der Waals surface area contributed by atoms with Crippen LogP contribution in [-0.2, 0) is 4.74 Å². The van der Waals surface area contributed by atoms with Gasteiger partial charge < -0.3 is 15.4 Å². The highest BCUT2D eigenvalue weighted by molar-refractivity contribution is 14.0. The van der Waals surface area contributed by atoms with E-state index in [2.05, 4.69) is 15.6 Å². The summed E-state index contributed by atoms with van der Waals surface area (Å²) < 4.78 is 19.4. The van der Waals surface area contributed by atoms with Gasteiger partial charge in [-0.2, -0.15) is 0 Å². The topological polar surface area (TPSA) is 45.7 Å². The zero-order valence-electron chi connectivity index (χ0n) is 13.7. The zero-order valence-corrected chi connectivity index (χ0v) is 16.8. The summed E-state index contributed by atoms with van der Waals surface area (Å²) in [6.45, 7) is 5.21. The lowest BCUT2D eigenvalue weighted by molar-refractivity contribution is 0.187. The number of nitrogens with zero attached hydrogens (tertiary/aromatic N) is 1. The first-order valence-electron chi connectivity index (χ1n) is 8.25. The Balaban J connectivity index is 0.00000208. The molecule has 0 amide bonds. The van der Waals surface area contributed by atoms with E-state index in [4.69, 9.17) is 16.3 Å². The molecular formula is C17H24ClFIN3O. The second kappa shape index (κ2) is 9.20. The number of hydrogen-bond donors (Lipinski definition) is 2. The third kappa shape index (κ3) is 4.95. The van der Waals surface area contributed by atoms with Crippen LogP contribution < -0.4 is 10.6 Å². The van der Waals surface area contributed by atoms with Gasteiger partial charge in [-0.1, -0.05) is 17.7 Å². The summed E-state index contributed by atoms with van der Waals surface area (Å²) in [4.78, 5) is 4.64. The normalized spacial score (nSPS) is 26.0. The van der Waals surface area contributed by atoms with Crippen molar-refractivity contribution < 1.29 is 9.13 Å². The predicted octanol–water partition coefficient (Wildman–Crippen LogP) is 3.54. The first-order chi connectivity index (χ1) is 11.2. The summed E-state index contributed by atoms with van der Waals surface area (Å²) in [5, 5.41) is 7.15. The Morgan fingerprint density at radius 1 is 1.46 bits per heavy atom. The standard InChI is InChI=1S/C17H23ClFN3O.HI/c1-2-20-17(21-9-11-6-7-23-10-11)22-15-8-12(15)16-13(18)4-3-5-14(16)19;/h3-5,11-12,15H,2,6-10H2,1H3,(H2,20,21,22);1H. The van der Waals surface area contributed by atoms with Gasteiger partial charge in [0.2, 0.25) is 0 Å². The molecule has 0 bridgehead atoms. The highest BCUT2D eigenvalue weighted by Gasteiger charge is 2.41. The smallest absolute Gasteiger partial charge is 0.191 e. The number of hydrogen-bond acceptors (Lipinski definition) is 2. The van der Waals surface area contributed by atoms with Gasteiger partial charge in [0.1, 0.15) is 5.82 Å². The molecule has 0 aromatic heterocycles. The first-order valence-corrected chi connectivity index (χ1v) is 8.63. The monoisotopic (exact) mass is 467 g/mol. The molecule has 134 valence electrons. The van der Waals surface area contributed by atoms with Crippen molar-refractivity contribution in [3.63, 3.8) is 0 Å². The fourth-order valence-corrected chi connectivity index (χ4v) is 3.28. The number of guanidine groups is 1. The second-order valence-electron chi connectivity index (χ2n) is 6.18. The molecule has 4 nitrogen and oxygen atoms in total. The molecule has 3 unspecified atom stereocenters. The molecule has 1 saturated heterocycles. The maximum absolute atomic E-state index is 14.0. The van der Waals surface area contributed by atoms with Crippen molar-refractivity contribution in [3.8, 4) is 0 Å². The van der Waals surface area contributed by atoms with E-state index in [9.17, 15) is 4.39 Å². The van der Waals surface area contributed by atoms with Crippen LogP contribution in [0.4, 0.5) is 4.39 Å². The lowest BCUT2D eigenvalue weighted by atomic mass is 10.1. The Bertz CT molecular complexity index is 561. The predicted molar refractivity (Wildman–Crippen MR) is 106 cm³/mol. The Morgan fingerprint density at radius 2 is 2.29 bits per heavy atom. The zero-order chi connectivity index (χ0) is 16.2. The number of aliphatic imine (C=N–C) groups is 1. The van der Waals surface area contributed by atoms with Crippen molar-refractivity contribution in [1.82, 2.24) is 10.6 Å². The van der Waals surface area contributed by atoms with Crippen molar-refractivity contribution in [2.75, 3.05) is 26.3 Å². The van der Waals surface area contributed by atoms with Crippen molar-refractivity contribution in [2.24, 2.45) is 10.9 Å². The van der Waals surface area contributed by atoms with E-state index in [0.717, 1.165) is 45.1 Å². The third-order valence-corrected chi connectivity index (χ3v) is 4.69. The molecule has 2 aliphatic rings. The minimum absolute atomic E-state index is 0. The van der Waals surface area contributed by atoms with Gasteiger partial charge in [0.25, 0.3) is 0 Å². The van der Waals surface area contributed by atoms with Crippen LogP contribution in [0.2, 0.25) is 5.02 Å². The van der Waals surface area contributed by atoms with Crippen LogP contribution >= 0.6 is 35.6 Å². The molecule has 7 heteroatoms. The number of ether oxygens (including phenoxy) is 1. The summed E-state index contributed by atoms with van der Waals surface area (Å²) in [6, 6.07) is 5.04. The molecule has 0 radical (unpaired) electrons. The molecular weight excluding hydrogens is 444 g/mol. The van der Waals surface area contributed by atoms with Crippen molar-refractivity contribution in [3.05, 3.63) is 34.6 Å². The van der Waals surface area contributed by atoms with Gasteiger partial charge in [-0.3, -0.25) is 4.99 Å². The van der Waals surface area contributed by atoms with E-state index >= 15 is 0 Å². The van der Waals surface area contributed by atoms with E-state index in [1.807, 2.05) is 6.92 Å². The van der Waals surface area contributed by atoms with Crippen LogP contribution in [0.5, 0.6) is 0 Å². The molecule has 24 heavy (non-hydrogen) atoms. The van der Waals surface area contributed by atoms with Gasteiger partial charge >= 0.3 is 0 Å². The van der Waals surface area contributed by atoms with E-state index in [0.29, 0.717) is 16.5 Å². The molecule has 1 heterocycles. The molecule has 3 rings (SSSR count). The first kappa shape index (κ1) is 19.7. The second-order valence-corrected chi connectivity index (χ2v) is 6.58. The minimum atomic E-state index is -0.225. The number of benzene rings is 1. The minimum Gasteiger partial charge on any atom is -0.381 e. The van der Waals surface area contributed by atoms with Gasteiger partial charge in [-0.15, -0.1) is 24.0 Å². The summed E-state index contributed by atoms with van der Waals surface area (Å²) in [5.41, 5.74) is 0.617. The van der Waals surface area contributed by atoms with Gasteiger partial charge in [0.05, 0.1) is 6.61 Å². The van der Waals surface area contributed by atoms with E-state index < -0.39 is 0 Å². The summed E-state index contributed by atoms with van der Waals surface area (Å²) >= 11 is 6.15. The van der Waals surface area contributed by atoms with Gasteiger partial charge in [0, 0.05) is 48.2 Å². The number of halogens is 3. The van der Waals surface area contributed by atoms with Crippen molar-refractivity contribution >= 4 is 41.5 Å². The molecule has 2 fully saturated rings. The van der Waals surface area contributed by atoms with Crippen LogP contribution in [0.1, 0.15) is 31.2 Å². The maximum Gasteiger partial charge on any atom is 0.191 e. The third-order valence-electron chi connectivity index (χ3n) is 4.36. The SMILES string of the molecule is CCNC(=NCC1CCOC1)NC1CC1c1c(F)cccc1Cl.I. The number of rotatable bonds is 5. The van der Waals surface area contributed by atoms with E-state index in [-0.39, 0.29) is 41.8 Å². The molecule has 3 atom stereocenters. The van der Waals surface area contributed by atoms with Crippen molar-refractivity contribution in [2.45, 2.75) is 31.7 Å². The Kier molecular flexibility index (Phi) is 7.56. The maximum atomic E-state index is 14.0. The largest absolute Gasteiger partial charge is 0.381 e. The summed E-state index contributed by atoms with van der Waals surface area (Å²) in [5.74, 6) is 1.18. The average molecular weight is 468 g/mol. The van der Waals surface area contributed by atoms with Gasteiger partial charge in [0.15, 0.2) is 5.96 Å². The Morgan fingerprint density at radius 3 is 2.96 bits per heavy atom. The summed E-state index contributed by atoms with van der Waals surface area (Å²) in [6.07, 6.45) is 1.94. The van der Waals surface area contributed by atoms with E-state index in [1.165, 1.54) is 6.07 Å². The number of nitrogens with one attached hydrogen (secondary N) is 2. The lowest BCUT2D eigenvalue weighted by Gasteiger charge is -2.13. The quantitative estimate of drug-likeness (QED) is 0.396. The van der Waals surface area contributed by atoms with Crippen LogP contribution in [0.25, 0.3) is 0 Å². The molecule has 1 aliphatic heterocycles. The van der Waals surface area contributed by atoms with Crippen LogP contribution in [0.15, 0.2) is 23.2 Å². The fraction of sp³-hybridized carbons (Fsp3) is 0.588. The molecule has 1 saturated carbocycles. The molecule has 1 aromatic rings. The highest BCUT2D eigenvalue weighted by Crippen LogP contribution is 2.44. The molecule has 2 N–H and O–H groups in total. The Hall–Kier alpha value is -0.600. The average Bonchev–Trinajstić information content (AvgIpc) is 3.06. The van der Waals surface area contributed by atoms with Crippen LogP contribution in [0.3, 0.4) is 0 Å². The van der Waals surface area contributed by atoms with E-state index in [1.54, 1.807) is 12.1 Å². The lowest BCUT2D eigenvalue weighted by Crippen LogP contribution is -2.39. The highest BCUT2D eigenvalue weighted by atomic mass is 127. The van der Waals surface area contributed by atoms with Gasteiger partial charge in [-0.05, 0) is 31.9 Å². The van der Waals surface area contributed by atoms with Crippen LogP contribution in [0, 0.1) is 11.7 Å². The van der Waals surface area contributed by atoms with Crippen LogP contribution in [-0.4, -0.2) is 38.3 Å². The van der Waals surface area contributed by atoms with Gasteiger partial charge in [-0.25, -0.2) is 4.39 Å². The fourth-order valence-electron chi connectivity index (χ4n) is 2.98.